The third-order valence-corrected chi connectivity index (χ3v) is 1.92. The van der Waals surface area contributed by atoms with Gasteiger partial charge in [0.05, 0.1) is 5.52 Å². The maximum atomic E-state index is 4.11. The number of hydrogen-bond acceptors (Lipinski definition) is 3. The number of rotatable bonds is 0. The summed E-state index contributed by atoms with van der Waals surface area (Å²) in [5.74, 6) is 0. The molecule has 0 amide bonds. The van der Waals surface area contributed by atoms with E-state index in [1.165, 1.54) is 0 Å². The summed E-state index contributed by atoms with van der Waals surface area (Å²) in [7, 11) is 0. The Hall–Kier alpha value is -1.03. The average Bonchev–Trinajstić information content (AvgIpc) is 2.06. The molecule has 0 bridgehead atoms. The number of halogens is 1. The minimum Gasteiger partial charge on any atom is -0.253 e. The zero-order chi connectivity index (χ0) is 7.68. The highest BCUT2D eigenvalue weighted by atomic mass is 79.9. The lowest BCUT2D eigenvalue weighted by atomic mass is 10.4. The van der Waals surface area contributed by atoms with Crippen LogP contribution in [0, 0.1) is 0 Å². The van der Waals surface area contributed by atoms with Crippen LogP contribution in [0.1, 0.15) is 0 Å². The molecule has 3 nitrogen and oxygen atoms in total. The van der Waals surface area contributed by atoms with E-state index < -0.39 is 0 Å². The van der Waals surface area contributed by atoms with Gasteiger partial charge in [-0.2, -0.15) is 0 Å². The number of pyridine rings is 1. The molecule has 2 rings (SSSR count). The molecule has 0 atom stereocenters. The van der Waals surface area contributed by atoms with Gasteiger partial charge in [0.1, 0.15) is 10.1 Å². The fourth-order valence-electron chi connectivity index (χ4n) is 0.864. The monoisotopic (exact) mass is 209 g/mol. The second kappa shape index (κ2) is 2.54. The largest absolute Gasteiger partial charge is 0.253 e. The Morgan fingerprint density at radius 3 is 2.64 bits per heavy atom. The Morgan fingerprint density at radius 1 is 1.00 bits per heavy atom. The van der Waals surface area contributed by atoms with Crippen LogP contribution in [-0.2, 0) is 0 Å². The van der Waals surface area contributed by atoms with Crippen molar-refractivity contribution in [3.63, 3.8) is 0 Å². The second-order valence-corrected chi connectivity index (χ2v) is 2.78. The molecule has 2 heterocycles. The van der Waals surface area contributed by atoms with Crippen molar-refractivity contribution < 1.29 is 0 Å². The minimum absolute atomic E-state index is 0.739. The molecule has 0 aliphatic rings. The van der Waals surface area contributed by atoms with Gasteiger partial charge in [-0.05, 0) is 22.0 Å². The van der Waals surface area contributed by atoms with E-state index in [-0.39, 0.29) is 0 Å². The van der Waals surface area contributed by atoms with Gasteiger partial charge in [0.25, 0.3) is 0 Å². The molecule has 0 N–H and O–H groups in total. The first-order valence-electron chi connectivity index (χ1n) is 3.09. The molecule has 0 aliphatic heterocycles. The summed E-state index contributed by atoms with van der Waals surface area (Å²) >= 11 is 3.28. The number of nitrogens with zero attached hydrogens (tertiary/aromatic N) is 3. The van der Waals surface area contributed by atoms with E-state index in [4.69, 9.17) is 0 Å². The summed E-state index contributed by atoms with van der Waals surface area (Å²) in [5, 5.41) is 0. The molecule has 0 aliphatic carbocycles. The predicted molar refractivity (Wildman–Crippen MR) is 45.0 cm³/mol. The molecule has 2 aromatic rings. The molecular weight excluding hydrogens is 206 g/mol. The first kappa shape index (κ1) is 6.67. The van der Waals surface area contributed by atoms with E-state index in [1.807, 2.05) is 6.07 Å². The van der Waals surface area contributed by atoms with Crippen LogP contribution in [0.3, 0.4) is 0 Å². The standard InChI is InChI=1S/C7H4BrN3/c8-7-6-5(1-2-11-7)9-3-4-10-6/h1-4H. The van der Waals surface area contributed by atoms with Gasteiger partial charge < -0.3 is 0 Å². The van der Waals surface area contributed by atoms with E-state index in [9.17, 15) is 0 Å². The van der Waals surface area contributed by atoms with Crippen LogP contribution < -0.4 is 0 Å². The molecule has 0 saturated heterocycles. The molecule has 0 fully saturated rings. The SMILES string of the molecule is Brc1nccc2nccnc12. The first-order chi connectivity index (χ1) is 5.38. The van der Waals surface area contributed by atoms with Crippen molar-refractivity contribution in [1.29, 1.82) is 0 Å². The van der Waals surface area contributed by atoms with Gasteiger partial charge in [-0.3, -0.25) is 9.97 Å². The summed E-state index contributed by atoms with van der Waals surface area (Å²) in [5.41, 5.74) is 1.66. The molecule has 0 unspecified atom stereocenters. The summed E-state index contributed by atoms with van der Waals surface area (Å²) in [6.45, 7) is 0. The third kappa shape index (κ3) is 1.09. The molecule has 54 valence electrons. The van der Waals surface area contributed by atoms with Gasteiger partial charge in [0, 0.05) is 18.6 Å². The van der Waals surface area contributed by atoms with E-state index in [0.29, 0.717) is 0 Å². The molecule has 4 heteroatoms. The highest BCUT2D eigenvalue weighted by molar-refractivity contribution is 9.10. The van der Waals surface area contributed by atoms with Crippen LogP contribution >= 0.6 is 15.9 Å². The van der Waals surface area contributed by atoms with E-state index in [2.05, 4.69) is 30.9 Å². The second-order valence-electron chi connectivity index (χ2n) is 2.03. The van der Waals surface area contributed by atoms with Crippen molar-refractivity contribution in [2.24, 2.45) is 0 Å². The van der Waals surface area contributed by atoms with Gasteiger partial charge in [0.15, 0.2) is 0 Å². The van der Waals surface area contributed by atoms with Crippen LogP contribution in [0.15, 0.2) is 29.3 Å². The molecule has 0 spiro atoms. The third-order valence-electron chi connectivity index (χ3n) is 1.34. The van der Waals surface area contributed by atoms with Gasteiger partial charge in [0.2, 0.25) is 0 Å². The highest BCUT2D eigenvalue weighted by Gasteiger charge is 1.98. The van der Waals surface area contributed by atoms with Gasteiger partial charge in [-0.25, -0.2) is 4.98 Å². The topological polar surface area (TPSA) is 38.7 Å². The molecule has 0 radical (unpaired) electrons. The Labute approximate surface area is 71.6 Å². The molecule has 11 heavy (non-hydrogen) atoms. The van der Waals surface area contributed by atoms with Gasteiger partial charge >= 0.3 is 0 Å². The Balaban J connectivity index is 2.91. The number of hydrogen-bond donors (Lipinski definition) is 0. The predicted octanol–water partition coefficient (Wildman–Crippen LogP) is 1.79. The summed E-state index contributed by atoms with van der Waals surface area (Å²) < 4.78 is 0.739. The molecule has 2 aromatic heterocycles. The van der Waals surface area contributed by atoms with E-state index in [1.54, 1.807) is 18.6 Å². The lowest BCUT2D eigenvalue weighted by molar-refractivity contribution is 1.22. The first-order valence-corrected chi connectivity index (χ1v) is 3.88. The quantitative estimate of drug-likeness (QED) is 0.622. The molecule has 0 saturated carbocycles. The number of fused-ring (bicyclic) bond motifs is 1. The zero-order valence-electron chi connectivity index (χ0n) is 5.53. The number of aromatic nitrogens is 3. The van der Waals surface area contributed by atoms with Gasteiger partial charge in [-0.1, -0.05) is 0 Å². The maximum absolute atomic E-state index is 4.11. The Morgan fingerprint density at radius 2 is 1.82 bits per heavy atom. The fraction of sp³-hybridized carbons (Fsp3) is 0. The maximum Gasteiger partial charge on any atom is 0.133 e. The van der Waals surface area contributed by atoms with Crippen LogP contribution in [0.5, 0.6) is 0 Å². The highest BCUT2D eigenvalue weighted by Crippen LogP contribution is 2.15. The summed E-state index contributed by atoms with van der Waals surface area (Å²) in [6.07, 6.45) is 5.00. The lowest BCUT2D eigenvalue weighted by Crippen LogP contribution is -1.84. The van der Waals surface area contributed by atoms with Crippen molar-refractivity contribution in [3.05, 3.63) is 29.3 Å². The minimum atomic E-state index is 0.739. The molecular formula is C7H4BrN3. The van der Waals surface area contributed by atoms with Crippen LogP contribution in [0.25, 0.3) is 11.0 Å². The Kier molecular flexibility index (Phi) is 1.54. The van der Waals surface area contributed by atoms with Crippen LogP contribution in [0.2, 0.25) is 0 Å². The van der Waals surface area contributed by atoms with Crippen molar-refractivity contribution in [2.45, 2.75) is 0 Å². The smallest absolute Gasteiger partial charge is 0.133 e. The van der Waals surface area contributed by atoms with E-state index >= 15 is 0 Å². The zero-order valence-corrected chi connectivity index (χ0v) is 7.12. The van der Waals surface area contributed by atoms with Crippen molar-refractivity contribution >= 4 is 27.0 Å². The summed E-state index contributed by atoms with van der Waals surface area (Å²) in [6, 6.07) is 1.83. The lowest BCUT2D eigenvalue weighted by Gasteiger charge is -1.94. The Bertz CT molecular complexity index is 383. The van der Waals surface area contributed by atoms with Crippen LogP contribution in [0.4, 0.5) is 0 Å². The van der Waals surface area contributed by atoms with E-state index in [0.717, 1.165) is 15.6 Å². The molecule has 0 aromatic carbocycles. The van der Waals surface area contributed by atoms with Crippen molar-refractivity contribution in [2.75, 3.05) is 0 Å². The summed E-state index contributed by atoms with van der Waals surface area (Å²) in [4.78, 5) is 12.2. The average molecular weight is 210 g/mol. The normalized spacial score (nSPS) is 10.3. The van der Waals surface area contributed by atoms with Crippen molar-refractivity contribution in [3.8, 4) is 0 Å². The fourth-order valence-corrected chi connectivity index (χ4v) is 1.29. The van der Waals surface area contributed by atoms with Crippen molar-refractivity contribution in [1.82, 2.24) is 15.0 Å². The van der Waals surface area contributed by atoms with Gasteiger partial charge in [-0.15, -0.1) is 0 Å². The van der Waals surface area contributed by atoms with Crippen LogP contribution in [-0.4, -0.2) is 15.0 Å².